The predicted molar refractivity (Wildman–Crippen MR) is 70.3 cm³/mol. The molecular weight excluding hydrogens is 249 g/mol. The van der Waals surface area contributed by atoms with Gasteiger partial charge in [-0.05, 0) is 30.5 Å². The molecule has 0 saturated heterocycles. The zero-order chi connectivity index (χ0) is 14.0. The van der Waals surface area contributed by atoms with Crippen LogP contribution in [0.4, 0.5) is 13.2 Å². The maximum absolute atomic E-state index is 13.4. The Morgan fingerprint density at radius 3 is 2.11 bits per heavy atom. The molecule has 3 heteroatoms. The van der Waals surface area contributed by atoms with Gasteiger partial charge in [0.05, 0.1) is 0 Å². The lowest BCUT2D eigenvalue weighted by Gasteiger charge is -2.23. The molecule has 0 amide bonds. The first-order valence-electron chi connectivity index (χ1n) is 6.08. The van der Waals surface area contributed by atoms with E-state index in [2.05, 4.69) is 0 Å². The molecule has 0 N–H and O–H groups in total. The Hall–Kier alpha value is -1.77. The van der Waals surface area contributed by atoms with Crippen LogP contribution in [-0.2, 0) is 0 Å². The molecule has 2 aromatic rings. The molecule has 2 rings (SSSR count). The molecule has 0 heterocycles. The Labute approximate surface area is 110 Å². The molecule has 0 bridgehead atoms. The Kier molecular flexibility index (Phi) is 3.65. The topological polar surface area (TPSA) is 0 Å². The summed E-state index contributed by atoms with van der Waals surface area (Å²) in [7, 11) is 0. The van der Waals surface area contributed by atoms with Gasteiger partial charge in [0.15, 0.2) is 0 Å². The van der Waals surface area contributed by atoms with Gasteiger partial charge >= 0.3 is 6.18 Å². The lowest BCUT2D eigenvalue weighted by atomic mass is 9.87. The quantitative estimate of drug-likeness (QED) is 0.716. The fraction of sp³-hybridized carbons (Fsp3) is 0.250. The fourth-order valence-electron chi connectivity index (χ4n) is 2.26. The first-order chi connectivity index (χ1) is 8.89. The van der Waals surface area contributed by atoms with Crippen molar-refractivity contribution in [3.8, 4) is 0 Å². The first kappa shape index (κ1) is 13.7. The van der Waals surface area contributed by atoms with Gasteiger partial charge in [0.2, 0.25) is 0 Å². The minimum atomic E-state index is -4.29. The third-order valence-corrected chi connectivity index (χ3v) is 3.21. The maximum atomic E-state index is 13.4. The second-order valence-electron chi connectivity index (χ2n) is 4.75. The summed E-state index contributed by atoms with van der Waals surface area (Å²) in [5.41, 5.74) is 2.12. The Morgan fingerprint density at radius 1 is 0.895 bits per heavy atom. The molecule has 0 radical (unpaired) electrons. The van der Waals surface area contributed by atoms with Gasteiger partial charge in [0.1, 0.15) is 5.92 Å². The van der Waals surface area contributed by atoms with Gasteiger partial charge in [0, 0.05) is 0 Å². The molecule has 0 spiro atoms. The van der Waals surface area contributed by atoms with Crippen molar-refractivity contribution in [2.45, 2.75) is 25.9 Å². The van der Waals surface area contributed by atoms with Gasteiger partial charge < -0.3 is 0 Å². The first-order valence-corrected chi connectivity index (χ1v) is 6.08. The van der Waals surface area contributed by atoms with E-state index in [4.69, 9.17) is 0 Å². The predicted octanol–water partition coefficient (Wildman–Crippen LogP) is 5.00. The van der Waals surface area contributed by atoms with Crippen molar-refractivity contribution in [3.05, 3.63) is 70.8 Å². The van der Waals surface area contributed by atoms with E-state index in [9.17, 15) is 13.2 Å². The molecule has 100 valence electrons. The molecule has 1 atom stereocenters. The number of alkyl halides is 3. The van der Waals surface area contributed by atoms with Gasteiger partial charge in [-0.1, -0.05) is 54.1 Å². The van der Waals surface area contributed by atoms with Crippen LogP contribution in [0.25, 0.3) is 0 Å². The smallest absolute Gasteiger partial charge is 0.170 e. The maximum Gasteiger partial charge on any atom is 0.399 e. The number of benzene rings is 2. The third kappa shape index (κ3) is 2.98. The van der Waals surface area contributed by atoms with E-state index in [-0.39, 0.29) is 5.56 Å². The molecule has 0 saturated carbocycles. The van der Waals surface area contributed by atoms with E-state index in [0.29, 0.717) is 11.1 Å². The summed E-state index contributed by atoms with van der Waals surface area (Å²) in [4.78, 5) is 0. The summed E-state index contributed by atoms with van der Waals surface area (Å²) in [5.74, 6) is -1.56. The van der Waals surface area contributed by atoms with Gasteiger partial charge in [-0.2, -0.15) is 13.2 Å². The molecule has 1 unspecified atom stereocenters. The van der Waals surface area contributed by atoms with Crippen molar-refractivity contribution in [3.63, 3.8) is 0 Å². The van der Waals surface area contributed by atoms with Crippen molar-refractivity contribution < 1.29 is 13.2 Å². The minimum absolute atomic E-state index is 0.281. The van der Waals surface area contributed by atoms with Crippen LogP contribution in [0.1, 0.15) is 28.2 Å². The van der Waals surface area contributed by atoms with Crippen LogP contribution in [0.2, 0.25) is 0 Å². The Morgan fingerprint density at radius 2 is 1.53 bits per heavy atom. The summed E-state index contributed by atoms with van der Waals surface area (Å²) in [6.45, 7) is 3.53. The van der Waals surface area contributed by atoms with Gasteiger partial charge in [-0.3, -0.25) is 0 Å². The molecule has 2 aromatic carbocycles. The SMILES string of the molecule is Cc1ccc(C)c(C(c2ccccc2)C(F)(F)F)c1. The van der Waals surface area contributed by atoms with Gasteiger partial charge in [-0.25, -0.2) is 0 Å². The average Bonchev–Trinajstić information content (AvgIpc) is 2.33. The molecule has 0 aromatic heterocycles. The second kappa shape index (κ2) is 5.08. The van der Waals surface area contributed by atoms with E-state index in [1.807, 2.05) is 6.07 Å². The molecular formula is C16H15F3. The molecule has 0 aliphatic rings. The Bertz CT molecular complexity index is 556. The third-order valence-electron chi connectivity index (χ3n) is 3.21. The standard InChI is InChI=1S/C16H15F3/c1-11-8-9-12(2)14(10-11)15(16(17,18)19)13-6-4-3-5-7-13/h3-10,15H,1-2H3. The van der Waals surface area contributed by atoms with Gasteiger partial charge in [0.25, 0.3) is 0 Å². The number of halogens is 3. The molecule has 0 nitrogen and oxygen atoms in total. The van der Waals surface area contributed by atoms with Crippen molar-refractivity contribution in [2.24, 2.45) is 0 Å². The molecule has 0 aliphatic carbocycles. The average molecular weight is 264 g/mol. The van der Waals surface area contributed by atoms with E-state index in [1.54, 1.807) is 44.2 Å². The summed E-state index contributed by atoms with van der Waals surface area (Å²) in [5, 5.41) is 0. The minimum Gasteiger partial charge on any atom is -0.170 e. The van der Waals surface area contributed by atoms with E-state index in [1.165, 1.54) is 12.1 Å². The summed E-state index contributed by atoms with van der Waals surface area (Å²) >= 11 is 0. The normalized spacial score (nSPS) is 13.3. The van der Waals surface area contributed by atoms with Crippen LogP contribution in [-0.4, -0.2) is 6.18 Å². The lowest BCUT2D eigenvalue weighted by molar-refractivity contribution is -0.141. The highest BCUT2D eigenvalue weighted by Crippen LogP contribution is 2.41. The molecule has 0 aliphatic heterocycles. The van der Waals surface area contributed by atoms with Crippen molar-refractivity contribution >= 4 is 0 Å². The summed E-state index contributed by atoms with van der Waals surface area (Å²) in [6, 6.07) is 13.3. The van der Waals surface area contributed by atoms with Crippen LogP contribution < -0.4 is 0 Å². The van der Waals surface area contributed by atoms with Crippen LogP contribution in [0.3, 0.4) is 0 Å². The highest BCUT2D eigenvalue weighted by Gasteiger charge is 2.42. The van der Waals surface area contributed by atoms with Crippen LogP contribution in [0, 0.1) is 13.8 Å². The fourth-order valence-corrected chi connectivity index (χ4v) is 2.26. The van der Waals surface area contributed by atoms with E-state index >= 15 is 0 Å². The van der Waals surface area contributed by atoms with Crippen molar-refractivity contribution in [1.29, 1.82) is 0 Å². The van der Waals surface area contributed by atoms with Crippen LogP contribution in [0.15, 0.2) is 48.5 Å². The van der Waals surface area contributed by atoms with Crippen molar-refractivity contribution in [1.82, 2.24) is 0 Å². The Balaban J connectivity index is 2.59. The summed E-state index contributed by atoms with van der Waals surface area (Å²) in [6.07, 6.45) is -4.29. The number of aryl methyl sites for hydroxylation is 2. The molecule has 19 heavy (non-hydrogen) atoms. The van der Waals surface area contributed by atoms with Crippen molar-refractivity contribution in [2.75, 3.05) is 0 Å². The largest absolute Gasteiger partial charge is 0.399 e. The molecule has 0 fully saturated rings. The zero-order valence-corrected chi connectivity index (χ0v) is 10.8. The number of rotatable bonds is 2. The second-order valence-corrected chi connectivity index (χ2v) is 4.75. The monoisotopic (exact) mass is 264 g/mol. The lowest BCUT2D eigenvalue weighted by Crippen LogP contribution is -2.22. The van der Waals surface area contributed by atoms with Gasteiger partial charge in [-0.15, -0.1) is 0 Å². The van der Waals surface area contributed by atoms with Crippen LogP contribution >= 0.6 is 0 Å². The van der Waals surface area contributed by atoms with Crippen LogP contribution in [0.5, 0.6) is 0 Å². The summed E-state index contributed by atoms with van der Waals surface area (Å²) < 4.78 is 40.2. The highest BCUT2D eigenvalue weighted by molar-refractivity contribution is 5.40. The van der Waals surface area contributed by atoms with E-state index in [0.717, 1.165) is 5.56 Å². The number of hydrogen-bond donors (Lipinski definition) is 0. The number of hydrogen-bond acceptors (Lipinski definition) is 0. The zero-order valence-electron chi connectivity index (χ0n) is 10.8. The van der Waals surface area contributed by atoms with E-state index < -0.39 is 12.1 Å². The highest BCUT2D eigenvalue weighted by atomic mass is 19.4.